The smallest absolute Gasteiger partial charge is 0.108 e. The highest BCUT2D eigenvalue weighted by Crippen LogP contribution is 2.68. The van der Waals surface area contributed by atoms with E-state index in [2.05, 4.69) is 55.8 Å². The number of aliphatic hydroxyl groups excluding tert-OH is 1. The highest BCUT2D eigenvalue weighted by atomic mass is 16.5. The van der Waals surface area contributed by atoms with Gasteiger partial charge in [0.1, 0.15) is 12.2 Å². The van der Waals surface area contributed by atoms with Crippen LogP contribution >= 0.6 is 0 Å². The summed E-state index contributed by atoms with van der Waals surface area (Å²) < 4.78 is 6.44. The van der Waals surface area contributed by atoms with Crippen molar-refractivity contribution >= 4 is 17.0 Å². The minimum absolute atomic E-state index is 0.0312. The van der Waals surface area contributed by atoms with Gasteiger partial charge in [0.05, 0.1) is 11.7 Å². The molecule has 4 nitrogen and oxygen atoms in total. The van der Waals surface area contributed by atoms with Crippen molar-refractivity contribution in [3.63, 3.8) is 0 Å². The molecule has 3 N–H and O–H groups in total. The summed E-state index contributed by atoms with van der Waals surface area (Å²) >= 11 is 0. The lowest BCUT2D eigenvalue weighted by atomic mass is 9.44. The van der Waals surface area contributed by atoms with Gasteiger partial charge in [0.25, 0.3) is 0 Å². The molecule has 0 radical (unpaired) electrons. The number of nitrogens with one attached hydrogen (secondary N) is 1. The van der Waals surface area contributed by atoms with Crippen molar-refractivity contribution in [1.82, 2.24) is 4.98 Å². The number of aliphatic hydroxyl groups is 2. The van der Waals surface area contributed by atoms with Gasteiger partial charge in [0.2, 0.25) is 0 Å². The van der Waals surface area contributed by atoms with Crippen molar-refractivity contribution in [2.24, 2.45) is 17.3 Å². The Hall–Kier alpha value is -2.14. The van der Waals surface area contributed by atoms with Crippen molar-refractivity contribution in [2.75, 3.05) is 0 Å². The summed E-state index contributed by atoms with van der Waals surface area (Å²) in [6.45, 7) is 22.7. The second kappa shape index (κ2) is 11.3. The third-order valence-corrected chi connectivity index (χ3v) is 10.3. The highest BCUT2D eigenvalue weighted by Gasteiger charge is 2.63. The number of ether oxygens (including phenoxy) is 1. The van der Waals surface area contributed by atoms with E-state index in [4.69, 9.17) is 4.74 Å². The lowest BCUT2D eigenvalue weighted by Gasteiger charge is -2.61. The number of aromatic amines is 1. The third-order valence-electron chi connectivity index (χ3n) is 10.3. The number of benzene rings is 1. The molecule has 2 aromatic rings. The van der Waals surface area contributed by atoms with Crippen LogP contribution in [0.25, 0.3) is 17.0 Å². The molecule has 40 heavy (non-hydrogen) atoms. The van der Waals surface area contributed by atoms with Gasteiger partial charge in [-0.05, 0) is 98.5 Å². The standard InChI is InChI=1S/C32H41NO3.2C2H6/c1-18(2)28-25(34)17-21-23-11-10-20-16-22-27-19(12-14-30(3,4)35)8-7-9-24(27)33-29(22)32(20,6)31(23,5)15-13-26(21)36-28;2*1-2/h7-9,12,14,17,20,23,25-26,28,33-35H,1,10-11,13,15-16H2,2-6H3;2*1-2H3/b14-12+;;/t20?,23?,25-,26?,28?,31+,32-;;/m1../s1. The van der Waals surface area contributed by atoms with Crippen LogP contribution in [0.4, 0.5) is 0 Å². The molecule has 0 amide bonds. The predicted molar refractivity (Wildman–Crippen MR) is 169 cm³/mol. The first-order chi connectivity index (χ1) is 18.9. The summed E-state index contributed by atoms with van der Waals surface area (Å²) in [5.74, 6) is 1.01. The molecule has 0 saturated heterocycles. The molecule has 2 saturated carbocycles. The lowest BCUT2D eigenvalue weighted by Crippen LogP contribution is -2.58. The van der Waals surface area contributed by atoms with E-state index in [0.29, 0.717) is 11.8 Å². The van der Waals surface area contributed by atoms with E-state index in [1.54, 1.807) is 0 Å². The average Bonchev–Trinajstić information content (AvgIpc) is 3.43. The van der Waals surface area contributed by atoms with E-state index in [9.17, 15) is 10.2 Å². The molecule has 0 bridgehead atoms. The van der Waals surface area contributed by atoms with E-state index in [-0.39, 0.29) is 23.0 Å². The maximum Gasteiger partial charge on any atom is 0.108 e. The summed E-state index contributed by atoms with van der Waals surface area (Å²) in [7, 11) is 0. The van der Waals surface area contributed by atoms with E-state index < -0.39 is 11.7 Å². The van der Waals surface area contributed by atoms with E-state index in [1.165, 1.54) is 39.7 Å². The number of hydrogen-bond donors (Lipinski definition) is 3. The molecule has 2 fully saturated rings. The Labute approximate surface area is 242 Å². The Bertz CT molecular complexity index is 1290. The van der Waals surface area contributed by atoms with Gasteiger partial charge >= 0.3 is 0 Å². The van der Waals surface area contributed by atoms with Gasteiger partial charge in [-0.3, -0.25) is 0 Å². The van der Waals surface area contributed by atoms with E-state index in [1.807, 2.05) is 54.5 Å². The van der Waals surface area contributed by atoms with Crippen molar-refractivity contribution in [3.05, 3.63) is 64.9 Å². The molecule has 4 heteroatoms. The normalized spacial score (nSPS) is 34.4. The minimum atomic E-state index is -0.843. The second-order valence-corrected chi connectivity index (χ2v) is 13.0. The first-order valence-corrected chi connectivity index (χ1v) is 15.7. The maximum atomic E-state index is 10.9. The summed E-state index contributed by atoms with van der Waals surface area (Å²) in [5.41, 5.74) is 6.75. The zero-order valence-corrected chi connectivity index (χ0v) is 26.4. The van der Waals surface area contributed by atoms with Crippen molar-refractivity contribution < 1.29 is 14.9 Å². The molecule has 1 aromatic carbocycles. The molecule has 4 aliphatic rings. The van der Waals surface area contributed by atoms with Gasteiger partial charge in [-0.2, -0.15) is 0 Å². The Morgan fingerprint density at radius 2 is 1.82 bits per heavy atom. The first-order valence-electron chi connectivity index (χ1n) is 15.7. The van der Waals surface area contributed by atoms with Crippen LogP contribution in [-0.2, 0) is 16.6 Å². The molecule has 220 valence electrons. The van der Waals surface area contributed by atoms with Gasteiger partial charge in [0.15, 0.2) is 0 Å². The van der Waals surface area contributed by atoms with Crippen molar-refractivity contribution in [2.45, 2.75) is 124 Å². The maximum absolute atomic E-state index is 10.9. The molecule has 6 rings (SSSR count). The van der Waals surface area contributed by atoms with Crippen LogP contribution in [0, 0.1) is 17.3 Å². The fourth-order valence-corrected chi connectivity index (χ4v) is 8.38. The number of H-pyrrole nitrogens is 1. The highest BCUT2D eigenvalue weighted by molar-refractivity contribution is 5.93. The zero-order valence-electron chi connectivity index (χ0n) is 26.4. The zero-order chi connectivity index (χ0) is 29.6. The Kier molecular flexibility index (Phi) is 8.68. The topological polar surface area (TPSA) is 65.5 Å². The monoisotopic (exact) mass is 547 g/mol. The van der Waals surface area contributed by atoms with Gasteiger partial charge in [0, 0.05) is 22.0 Å². The third kappa shape index (κ3) is 4.74. The van der Waals surface area contributed by atoms with Crippen LogP contribution in [0.1, 0.15) is 105 Å². The second-order valence-electron chi connectivity index (χ2n) is 13.0. The SMILES string of the molecule is C=C(C)C1OC2CC[C@@]3(C)C(CCC4Cc5c([nH]c6cccc(/C=C/C(C)(C)O)c56)[C@@]43C)C2=C[C@H]1O.CC.CC. The summed E-state index contributed by atoms with van der Waals surface area (Å²) in [6, 6.07) is 6.47. The van der Waals surface area contributed by atoms with Gasteiger partial charge in [-0.1, -0.05) is 78.5 Å². The minimum Gasteiger partial charge on any atom is -0.386 e. The van der Waals surface area contributed by atoms with Crippen LogP contribution in [0.3, 0.4) is 0 Å². The summed E-state index contributed by atoms with van der Waals surface area (Å²) in [5, 5.41) is 22.5. The molecule has 3 aliphatic carbocycles. The number of fused-ring (bicyclic) bond motifs is 9. The molecule has 7 atom stereocenters. The Morgan fingerprint density at radius 1 is 1.12 bits per heavy atom. The van der Waals surface area contributed by atoms with E-state index >= 15 is 0 Å². The average molecular weight is 548 g/mol. The first kappa shape index (κ1) is 30.8. The van der Waals surface area contributed by atoms with Crippen LogP contribution in [0.15, 0.2) is 48.1 Å². The van der Waals surface area contributed by atoms with Gasteiger partial charge < -0.3 is 19.9 Å². The fourth-order valence-electron chi connectivity index (χ4n) is 8.38. The van der Waals surface area contributed by atoms with Gasteiger partial charge in [-0.15, -0.1) is 0 Å². The molecule has 1 aromatic heterocycles. The van der Waals surface area contributed by atoms with Crippen molar-refractivity contribution in [1.29, 1.82) is 0 Å². The van der Waals surface area contributed by atoms with Crippen LogP contribution in [0.2, 0.25) is 0 Å². The van der Waals surface area contributed by atoms with Crippen LogP contribution in [-0.4, -0.2) is 39.1 Å². The molecule has 2 heterocycles. The number of hydrogen-bond acceptors (Lipinski definition) is 3. The van der Waals surface area contributed by atoms with Crippen molar-refractivity contribution in [3.8, 4) is 0 Å². The van der Waals surface area contributed by atoms with Crippen LogP contribution < -0.4 is 0 Å². The lowest BCUT2D eigenvalue weighted by molar-refractivity contribution is -0.101. The summed E-state index contributed by atoms with van der Waals surface area (Å²) in [4.78, 5) is 3.91. The van der Waals surface area contributed by atoms with Gasteiger partial charge in [-0.25, -0.2) is 0 Å². The summed E-state index contributed by atoms with van der Waals surface area (Å²) in [6.07, 6.45) is 10.8. The Morgan fingerprint density at radius 3 is 2.48 bits per heavy atom. The van der Waals surface area contributed by atoms with E-state index in [0.717, 1.165) is 31.3 Å². The molecule has 4 unspecified atom stereocenters. The molecule has 1 aliphatic heterocycles. The number of aromatic nitrogens is 1. The molecule has 0 spiro atoms. The predicted octanol–water partition coefficient (Wildman–Crippen LogP) is 8.28. The van der Waals surface area contributed by atoms with Crippen LogP contribution in [0.5, 0.6) is 0 Å². The molecular weight excluding hydrogens is 494 g/mol. The Balaban J connectivity index is 0.000000886. The quantitative estimate of drug-likeness (QED) is 0.339. The fraction of sp³-hybridized carbons (Fsp3) is 0.611. The molecular formula is C36H53NO3. The largest absolute Gasteiger partial charge is 0.386 e. The number of rotatable bonds is 3.